The van der Waals surface area contributed by atoms with Crippen LogP contribution >= 0.6 is 11.6 Å². The fraction of sp³-hybridized carbons (Fsp3) is 0.118. The lowest BCUT2D eigenvalue weighted by Crippen LogP contribution is -2.22. The Morgan fingerprint density at radius 3 is 2.57 bits per heavy atom. The standard InChI is InChI=1S/C17H16ClN3/c18-15-7-4-8-17(9-15)21(12-16-10-19-13-20-16)11-14-5-2-1-3-6-14/h1-10,13H,11-12H2,(H,19,20). The van der Waals surface area contributed by atoms with Gasteiger partial charge in [0.1, 0.15) is 0 Å². The van der Waals surface area contributed by atoms with Gasteiger partial charge in [0.15, 0.2) is 0 Å². The summed E-state index contributed by atoms with van der Waals surface area (Å²) in [7, 11) is 0. The third kappa shape index (κ3) is 3.64. The van der Waals surface area contributed by atoms with Crippen molar-refractivity contribution in [1.29, 1.82) is 0 Å². The predicted molar refractivity (Wildman–Crippen MR) is 86.4 cm³/mol. The van der Waals surface area contributed by atoms with Gasteiger partial charge in [0.2, 0.25) is 0 Å². The Morgan fingerprint density at radius 2 is 1.86 bits per heavy atom. The third-order valence-electron chi connectivity index (χ3n) is 3.30. The molecule has 3 nitrogen and oxygen atoms in total. The summed E-state index contributed by atoms with van der Waals surface area (Å²) < 4.78 is 0. The Kier molecular flexibility index (Phi) is 4.22. The molecule has 0 aliphatic heterocycles. The summed E-state index contributed by atoms with van der Waals surface area (Å²) in [6.45, 7) is 1.55. The molecule has 4 heteroatoms. The Labute approximate surface area is 129 Å². The molecule has 21 heavy (non-hydrogen) atoms. The van der Waals surface area contributed by atoms with E-state index >= 15 is 0 Å². The lowest BCUT2D eigenvalue weighted by atomic mass is 10.2. The number of H-pyrrole nitrogens is 1. The minimum Gasteiger partial charge on any atom is -0.361 e. The fourth-order valence-corrected chi connectivity index (χ4v) is 2.47. The van der Waals surface area contributed by atoms with Crippen LogP contribution in [0.1, 0.15) is 11.3 Å². The zero-order chi connectivity index (χ0) is 14.5. The van der Waals surface area contributed by atoms with E-state index in [4.69, 9.17) is 11.6 Å². The van der Waals surface area contributed by atoms with Gasteiger partial charge >= 0.3 is 0 Å². The number of hydrogen-bond donors (Lipinski definition) is 1. The predicted octanol–water partition coefficient (Wildman–Crippen LogP) is 4.27. The molecule has 0 radical (unpaired) electrons. The molecule has 2 aromatic carbocycles. The van der Waals surface area contributed by atoms with Crippen LogP contribution in [0.3, 0.4) is 0 Å². The highest BCUT2D eigenvalue weighted by Gasteiger charge is 2.10. The zero-order valence-electron chi connectivity index (χ0n) is 11.5. The molecule has 0 fully saturated rings. The Balaban J connectivity index is 1.87. The summed E-state index contributed by atoms with van der Waals surface area (Å²) >= 11 is 6.13. The number of rotatable bonds is 5. The van der Waals surface area contributed by atoms with E-state index in [2.05, 4.69) is 45.2 Å². The first-order valence-corrected chi connectivity index (χ1v) is 7.21. The molecule has 0 unspecified atom stereocenters. The van der Waals surface area contributed by atoms with E-state index in [0.29, 0.717) is 0 Å². The van der Waals surface area contributed by atoms with Crippen LogP contribution in [0.2, 0.25) is 5.02 Å². The van der Waals surface area contributed by atoms with Gasteiger partial charge in [-0.25, -0.2) is 4.98 Å². The second-order valence-corrected chi connectivity index (χ2v) is 5.32. The van der Waals surface area contributed by atoms with E-state index in [1.165, 1.54) is 5.56 Å². The first-order valence-electron chi connectivity index (χ1n) is 6.83. The first-order chi connectivity index (χ1) is 10.3. The summed E-state index contributed by atoms with van der Waals surface area (Å²) in [5, 5.41) is 0.743. The summed E-state index contributed by atoms with van der Waals surface area (Å²) in [5.74, 6) is 0. The van der Waals surface area contributed by atoms with E-state index < -0.39 is 0 Å². The lowest BCUT2D eigenvalue weighted by Gasteiger charge is -2.24. The minimum absolute atomic E-state index is 0.735. The van der Waals surface area contributed by atoms with Crippen LogP contribution in [0.4, 0.5) is 5.69 Å². The van der Waals surface area contributed by atoms with Crippen molar-refractivity contribution in [3.63, 3.8) is 0 Å². The Bertz CT molecular complexity index is 680. The second-order valence-electron chi connectivity index (χ2n) is 4.88. The first kappa shape index (κ1) is 13.7. The molecule has 0 aliphatic carbocycles. The van der Waals surface area contributed by atoms with Crippen molar-refractivity contribution in [2.75, 3.05) is 4.90 Å². The van der Waals surface area contributed by atoms with Crippen molar-refractivity contribution in [1.82, 2.24) is 9.97 Å². The summed E-state index contributed by atoms with van der Waals surface area (Å²) in [6, 6.07) is 18.3. The minimum atomic E-state index is 0.735. The average Bonchev–Trinajstić information content (AvgIpc) is 3.01. The van der Waals surface area contributed by atoms with Gasteiger partial charge in [-0.3, -0.25) is 0 Å². The molecule has 3 aromatic rings. The highest BCUT2D eigenvalue weighted by molar-refractivity contribution is 6.30. The molecule has 1 N–H and O–H groups in total. The van der Waals surface area contributed by atoms with Crippen molar-refractivity contribution in [3.8, 4) is 0 Å². The number of hydrogen-bond acceptors (Lipinski definition) is 2. The smallest absolute Gasteiger partial charge is 0.0923 e. The number of anilines is 1. The van der Waals surface area contributed by atoms with Crippen molar-refractivity contribution in [2.24, 2.45) is 0 Å². The lowest BCUT2D eigenvalue weighted by molar-refractivity contribution is 0.785. The van der Waals surface area contributed by atoms with Crippen LogP contribution in [-0.4, -0.2) is 9.97 Å². The number of aromatic nitrogens is 2. The number of imidazole rings is 1. The van der Waals surface area contributed by atoms with Crippen molar-refractivity contribution >= 4 is 17.3 Å². The van der Waals surface area contributed by atoms with Gasteiger partial charge in [-0.2, -0.15) is 0 Å². The number of benzene rings is 2. The van der Waals surface area contributed by atoms with Gasteiger partial charge in [-0.1, -0.05) is 48.0 Å². The van der Waals surface area contributed by atoms with Gasteiger partial charge in [-0.15, -0.1) is 0 Å². The Morgan fingerprint density at radius 1 is 1.00 bits per heavy atom. The molecule has 0 saturated carbocycles. The summed E-state index contributed by atoms with van der Waals surface area (Å²) in [6.07, 6.45) is 3.62. The number of nitrogens with zero attached hydrogens (tertiary/aromatic N) is 2. The van der Waals surface area contributed by atoms with Crippen LogP contribution in [0.15, 0.2) is 67.1 Å². The summed E-state index contributed by atoms with van der Waals surface area (Å²) in [4.78, 5) is 9.57. The highest BCUT2D eigenvalue weighted by atomic mass is 35.5. The van der Waals surface area contributed by atoms with E-state index in [1.807, 2.05) is 30.5 Å². The van der Waals surface area contributed by atoms with Gasteiger partial charge in [-0.05, 0) is 23.8 Å². The number of aromatic amines is 1. The maximum absolute atomic E-state index is 6.13. The van der Waals surface area contributed by atoms with E-state index in [0.717, 1.165) is 29.5 Å². The van der Waals surface area contributed by atoms with Gasteiger partial charge < -0.3 is 9.88 Å². The van der Waals surface area contributed by atoms with E-state index in [1.54, 1.807) is 6.33 Å². The van der Waals surface area contributed by atoms with Crippen LogP contribution in [0, 0.1) is 0 Å². The molecule has 1 heterocycles. The molecule has 0 aliphatic rings. The molecule has 0 saturated heterocycles. The number of nitrogens with one attached hydrogen (secondary N) is 1. The van der Waals surface area contributed by atoms with Gasteiger partial charge in [0, 0.05) is 23.5 Å². The molecule has 106 valence electrons. The van der Waals surface area contributed by atoms with Crippen molar-refractivity contribution in [2.45, 2.75) is 13.1 Å². The number of halogens is 1. The fourth-order valence-electron chi connectivity index (χ4n) is 2.29. The monoisotopic (exact) mass is 297 g/mol. The van der Waals surface area contributed by atoms with E-state index in [9.17, 15) is 0 Å². The SMILES string of the molecule is Clc1cccc(N(Cc2ccccc2)Cc2c[nH]cn2)c1. The van der Waals surface area contributed by atoms with Gasteiger partial charge in [0.25, 0.3) is 0 Å². The molecular formula is C17H16ClN3. The molecule has 0 atom stereocenters. The summed E-state index contributed by atoms with van der Waals surface area (Å²) in [5.41, 5.74) is 3.35. The van der Waals surface area contributed by atoms with Gasteiger partial charge in [0.05, 0.1) is 18.6 Å². The molecule has 3 rings (SSSR count). The van der Waals surface area contributed by atoms with E-state index in [-0.39, 0.29) is 0 Å². The zero-order valence-corrected chi connectivity index (χ0v) is 12.3. The van der Waals surface area contributed by atoms with Crippen molar-refractivity contribution < 1.29 is 0 Å². The van der Waals surface area contributed by atoms with Crippen LogP contribution in [0.5, 0.6) is 0 Å². The molecule has 0 spiro atoms. The maximum atomic E-state index is 6.13. The van der Waals surface area contributed by atoms with Crippen molar-refractivity contribution in [3.05, 3.63) is 83.4 Å². The molecule has 0 amide bonds. The average molecular weight is 298 g/mol. The largest absolute Gasteiger partial charge is 0.361 e. The molecular weight excluding hydrogens is 282 g/mol. The molecule has 0 bridgehead atoms. The molecule has 1 aromatic heterocycles. The van der Waals surface area contributed by atoms with Crippen LogP contribution in [0.25, 0.3) is 0 Å². The second kappa shape index (κ2) is 6.46. The van der Waals surface area contributed by atoms with Crippen LogP contribution < -0.4 is 4.90 Å². The highest BCUT2D eigenvalue weighted by Crippen LogP contribution is 2.23. The Hall–Kier alpha value is -2.26. The van der Waals surface area contributed by atoms with Crippen LogP contribution in [-0.2, 0) is 13.1 Å². The quantitative estimate of drug-likeness (QED) is 0.762. The maximum Gasteiger partial charge on any atom is 0.0923 e. The third-order valence-corrected chi connectivity index (χ3v) is 3.53. The topological polar surface area (TPSA) is 31.9 Å². The normalized spacial score (nSPS) is 10.5.